The third-order valence-corrected chi connectivity index (χ3v) is 4.66. The number of methoxy groups -OCH3 is 2. The lowest BCUT2D eigenvalue weighted by atomic mass is 9.84. The highest BCUT2D eigenvalue weighted by molar-refractivity contribution is 5.01. The molecule has 2 saturated heterocycles. The topological polar surface area (TPSA) is 118 Å². The zero-order chi connectivity index (χ0) is 16.7. The molecule has 0 amide bonds. The fraction of sp³-hybridized carbons (Fsp3) is 1.00. The Morgan fingerprint density at radius 1 is 0.818 bits per heavy atom. The van der Waals surface area contributed by atoms with Crippen LogP contribution in [0.25, 0.3) is 0 Å². The summed E-state index contributed by atoms with van der Waals surface area (Å²) < 4.78 is 21.2. The van der Waals surface area contributed by atoms with Crippen molar-refractivity contribution in [3.8, 4) is 0 Å². The number of ether oxygens (including phenoxy) is 4. The van der Waals surface area contributed by atoms with E-state index in [2.05, 4.69) is 0 Å². The molecule has 0 aromatic carbocycles. The van der Waals surface area contributed by atoms with E-state index >= 15 is 0 Å². The molecule has 8 heteroatoms. The first-order valence-electron chi connectivity index (χ1n) is 7.39. The summed E-state index contributed by atoms with van der Waals surface area (Å²) >= 11 is 0. The van der Waals surface area contributed by atoms with Crippen LogP contribution in [-0.2, 0) is 18.9 Å². The van der Waals surface area contributed by atoms with E-state index in [1.807, 2.05) is 0 Å². The summed E-state index contributed by atoms with van der Waals surface area (Å²) in [5.74, 6) is -4.17. The smallest absolute Gasteiger partial charge is 0.224 e. The van der Waals surface area contributed by atoms with Gasteiger partial charge in [-0.3, -0.25) is 0 Å². The van der Waals surface area contributed by atoms with Gasteiger partial charge in [0.1, 0.15) is 12.2 Å². The van der Waals surface area contributed by atoms with Gasteiger partial charge in [-0.25, -0.2) is 0 Å². The van der Waals surface area contributed by atoms with Gasteiger partial charge in [0.05, 0.1) is 24.4 Å². The van der Waals surface area contributed by atoms with Crippen LogP contribution in [0, 0.1) is 0 Å². The lowest BCUT2D eigenvalue weighted by Crippen LogP contribution is -2.70. The molecule has 2 aliphatic rings. The molecule has 2 unspecified atom stereocenters. The number of hydrogen-bond acceptors (Lipinski definition) is 8. The van der Waals surface area contributed by atoms with Crippen LogP contribution in [0.3, 0.4) is 0 Å². The minimum atomic E-state index is -2.09. The van der Waals surface area contributed by atoms with E-state index in [4.69, 9.17) is 18.9 Å². The Balaban J connectivity index is 2.27. The summed E-state index contributed by atoms with van der Waals surface area (Å²) in [7, 11) is 2.81. The van der Waals surface area contributed by atoms with E-state index in [-0.39, 0.29) is 12.8 Å². The van der Waals surface area contributed by atoms with E-state index in [0.717, 1.165) is 0 Å². The standard InChI is InChI=1S/C14H26O8/c1-7-11(15)9(19-3)5-13(17,21-7)14(18)6-10(20-4)12(16)8(2)22-14/h7-12,15-18H,5-6H2,1-4H3/t7-,8-,9-,10-,11-,12-,13?,14?/m0/s1. The highest BCUT2D eigenvalue weighted by atomic mass is 16.7. The van der Waals surface area contributed by atoms with Crippen LogP contribution in [0.4, 0.5) is 0 Å². The zero-order valence-electron chi connectivity index (χ0n) is 13.3. The average Bonchev–Trinajstić information content (AvgIpc) is 2.46. The molecular formula is C14H26O8. The van der Waals surface area contributed by atoms with Gasteiger partial charge in [0.15, 0.2) is 0 Å². The molecule has 22 heavy (non-hydrogen) atoms. The maximum atomic E-state index is 10.8. The van der Waals surface area contributed by atoms with Gasteiger partial charge in [-0.05, 0) is 13.8 Å². The van der Waals surface area contributed by atoms with Gasteiger partial charge < -0.3 is 39.4 Å². The second-order valence-electron chi connectivity index (χ2n) is 6.15. The normalized spacial score (nSPS) is 53.5. The minimum absolute atomic E-state index is 0.176. The minimum Gasteiger partial charge on any atom is -0.388 e. The SMILES string of the molecule is CO[C@H]1CC(O)(C2(O)C[C@H](OC)[C@@H](O)[C@H](C)O2)O[C@@H](C)[C@@H]1O. The molecule has 8 atom stereocenters. The van der Waals surface area contributed by atoms with Crippen LogP contribution in [-0.4, -0.2) is 82.8 Å². The van der Waals surface area contributed by atoms with Gasteiger partial charge in [0.25, 0.3) is 0 Å². The van der Waals surface area contributed by atoms with Crippen molar-refractivity contribution in [2.45, 2.75) is 74.9 Å². The molecular weight excluding hydrogens is 296 g/mol. The highest BCUT2D eigenvalue weighted by Gasteiger charge is 2.62. The Morgan fingerprint density at radius 2 is 1.14 bits per heavy atom. The van der Waals surface area contributed by atoms with E-state index in [1.54, 1.807) is 13.8 Å². The number of hydrogen-bond donors (Lipinski definition) is 4. The Morgan fingerprint density at radius 3 is 1.41 bits per heavy atom. The average molecular weight is 322 g/mol. The second-order valence-corrected chi connectivity index (χ2v) is 6.15. The molecule has 0 spiro atoms. The lowest BCUT2D eigenvalue weighted by molar-refractivity contribution is -0.447. The van der Waals surface area contributed by atoms with Crippen LogP contribution >= 0.6 is 0 Å². The van der Waals surface area contributed by atoms with Crippen molar-refractivity contribution in [1.82, 2.24) is 0 Å². The zero-order valence-corrected chi connectivity index (χ0v) is 13.3. The van der Waals surface area contributed by atoms with Crippen molar-refractivity contribution in [3.63, 3.8) is 0 Å². The molecule has 4 N–H and O–H groups in total. The maximum absolute atomic E-state index is 10.8. The molecule has 0 radical (unpaired) electrons. The Labute approximate surface area is 129 Å². The first kappa shape index (κ1) is 18.0. The number of aliphatic hydroxyl groups is 4. The predicted molar refractivity (Wildman–Crippen MR) is 73.8 cm³/mol. The lowest BCUT2D eigenvalue weighted by Gasteiger charge is -2.53. The van der Waals surface area contributed by atoms with Gasteiger partial charge in [-0.15, -0.1) is 0 Å². The second kappa shape index (κ2) is 6.29. The van der Waals surface area contributed by atoms with Crippen LogP contribution in [0.5, 0.6) is 0 Å². The third-order valence-electron chi connectivity index (χ3n) is 4.66. The number of aliphatic hydroxyl groups excluding tert-OH is 2. The third kappa shape index (κ3) is 2.90. The van der Waals surface area contributed by atoms with Crippen molar-refractivity contribution in [1.29, 1.82) is 0 Å². The molecule has 0 aromatic rings. The number of rotatable bonds is 3. The summed E-state index contributed by atoms with van der Waals surface area (Å²) in [5.41, 5.74) is 0. The van der Waals surface area contributed by atoms with E-state index in [0.29, 0.717) is 0 Å². The molecule has 2 heterocycles. The molecule has 0 saturated carbocycles. The van der Waals surface area contributed by atoms with Gasteiger partial charge in [0, 0.05) is 27.1 Å². The fourth-order valence-electron chi connectivity index (χ4n) is 3.19. The van der Waals surface area contributed by atoms with Crippen LogP contribution in [0.1, 0.15) is 26.7 Å². The van der Waals surface area contributed by atoms with Gasteiger partial charge in [-0.2, -0.15) is 0 Å². The van der Waals surface area contributed by atoms with Gasteiger partial charge in [0.2, 0.25) is 11.6 Å². The van der Waals surface area contributed by atoms with Crippen LogP contribution in [0.15, 0.2) is 0 Å². The van der Waals surface area contributed by atoms with Crippen molar-refractivity contribution in [2.75, 3.05) is 14.2 Å². The first-order valence-corrected chi connectivity index (χ1v) is 7.39. The Bertz CT molecular complexity index is 357. The van der Waals surface area contributed by atoms with Gasteiger partial charge in [-0.1, -0.05) is 0 Å². The van der Waals surface area contributed by atoms with E-state index in [9.17, 15) is 20.4 Å². The predicted octanol–water partition coefficient (Wildman–Crippen LogP) is -1.27. The molecule has 0 aliphatic carbocycles. The summed E-state index contributed by atoms with van der Waals surface area (Å²) in [6.45, 7) is 3.14. The van der Waals surface area contributed by atoms with Crippen LogP contribution in [0.2, 0.25) is 0 Å². The summed E-state index contributed by atoms with van der Waals surface area (Å²) in [4.78, 5) is 0. The quantitative estimate of drug-likeness (QED) is 0.508. The summed E-state index contributed by atoms with van der Waals surface area (Å²) in [6, 6.07) is 0. The monoisotopic (exact) mass is 322 g/mol. The molecule has 8 nitrogen and oxygen atoms in total. The summed E-state index contributed by atoms with van der Waals surface area (Å²) in [6.07, 6.45) is -5.18. The van der Waals surface area contributed by atoms with Gasteiger partial charge >= 0.3 is 0 Å². The molecule has 2 aliphatic heterocycles. The molecule has 130 valence electrons. The fourth-order valence-corrected chi connectivity index (χ4v) is 3.19. The Hall–Kier alpha value is -0.320. The first-order chi connectivity index (χ1) is 10.2. The van der Waals surface area contributed by atoms with Crippen molar-refractivity contribution < 1.29 is 39.4 Å². The molecule has 2 rings (SSSR count). The highest BCUT2D eigenvalue weighted by Crippen LogP contribution is 2.43. The van der Waals surface area contributed by atoms with E-state index in [1.165, 1.54) is 14.2 Å². The van der Waals surface area contributed by atoms with E-state index < -0.39 is 48.2 Å². The molecule has 0 bridgehead atoms. The largest absolute Gasteiger partial charge is 0.388 e. The van der Waals surface area contributed by atoms with Crippen molar-refractivity contribution >= 4 is 0 Å². The molecule has 2 fully saturated rings. The van der Waals surface area contributed by atoms with Crippen LogP contribution < -0.4 is 0 Å². The maximum Gasteiger partial charge on any atom is 0.224 e. The molecule has 0 aromatic heterocycles. The summed E-state index contributed by atoms with van der Waals surface area (Å²) in [5, 5.41) is 41.7. The Kier molecular flexibility index (Phi) is 5.15. The van der Waals surface area contributed by atoms with Crippen molar-refractivity contribution in [2.24, 2.45) is 0 Å². The van der Waals surface area contributed by atoms with Crippen molar-refractivity contribution in [3.05, 3.63) is 0 Å².